The first kappa shape index (κ1) is 10.3. The molecule has 2 N–H and O–H groups in total. The van der Waals surface area contributed by atoms with Gasteiger partial charge in [-0.05, 0) is 25.0 Å². The molecule has 1 saturated carbocycles. The van der Waals surface area contributed by atoms with E-state index < -0.39 is 5.92 Å². The van der Waals surface area contributed by atoms with Gasteiger partial charge < -0.3 is 5.73 Å². The number of hydrogen-bond donors (Lipinski definition) is 1. The van der Waals surface area contributed by atoms with Crippen molar-refractivity contribution in [2.75, 3.05) is 5.73 Å². The molecule has 0 radical (unpaired) electrons. The summed E-state index contributed by atoms with van der Waals surface area (Å²) in [5.74, 6) is -2.33. The third-order valence-corrected chi connectivity index (χ3v) is 2.94. The highest BCUT2D eigenvalue weighted by molar-refractivity contribution is 5.38. The minimum absolute atomic E-state index is 0.0336. The second kappa shape index (κ2) is 3.76. The van der Waals surface area contributed by atoms with Gasteiger partial charge in [-0.1, -0.05) is 0 Å². The molecule has 0 spiro atoms. The second-order valence-corrected chi connectivity index (χ2v) is 4.14. The lowest BCUT2D eigenvalue weighted by Crippen LogP contribution is -2.24. The summed E-state index contributed by atoms with van der Waals surface area (Å²) in [7, 11) is 0. The minimum atomic E-state index is -2.48. The van der Waals surface area contributed by atoms with Crippen LogP contribution in [0.5, 0.6) is 0 Å². The molecule has 1 aliphatic carbocycles. The number of hydrogen-bond acceptors (Lipinski definition) is 2. The van der Waals surface area contributed by atoms with Gasteiger partial charge in [0.15, 0.2) is 0 Å². The van der Waals surface area contributed by atoms with Crippen molar-refractivity contribution in [3.63, 3.8) is 0 Å². The van der Waals surface area contributed by atoms with E-state index in [9.17, 15) is 8.78 Å². The van der Waals surface area contributed by atoms with E-state index in [1.165, 1.54) is 0 Å². The summed E-state index contributed by atoms with van der Waals surface area (Å²) < 4.78 is 25.9. The van der Waals surface area contributed by atoms with Crippen LogP contribution in [0, 0.1) is 0 Å². The van der Waals surface area contributed by atoms with Crippen LogP contribution in [0.4, 0.5) is 14.5 Å². The third kappa shape index (κ3) is 2.43. The van der Waals surface area contributed by atoms with E-state index in [1.807, 2.05) is 0 Å². The van der Waals surface area contributed by atoms with E-state index >= 15 is 0 Å². The Balaban J connectivity index is 2.08. The predicted molar refractivity (Wildman–Crippen MR) is 54.8 cm³/mol. The van der Waals surface area contributed by atoms with Gasteiger partial charge in [0.1, 0.15) is 0 Å². The normalized spacial score (nSPS) is 21.5. The van der Waals surface area contributed by atoms with Crippen molar-refractivity contribution in [3.8, 4) is 0 Å². The quantitative estimate of drug-likeness (QED) is 0.777. The lowest BCUT2D eigenvalue weighted by molar-refractivity contribution is -0.0384. The number of alkyl halides is 2. The maximum Gasteiger partial charge on any atom is 0.248 e. The van der Waals surface area contributed by atoms with Gasteiger partial charge in [-0.3, -0.25) is 4.98 Å². The van der Waals surface area contributed by atoms with Crippen LogP contribution < -0.4 is 5.73 Å². The molecule has 1 aliphatic rings. The number of rotatable bonds is 1. The number of nitrogen functional groups attached to an aromatic ring is 1. The van der Waals surface area contributed by atoms with Crippen LogP contribution in [0.3, 0.4) is 0 Å². The zero-order chi connectivity index (χ0) is 10.9. The number of halogens is 2. The monoisotopic (exact) mass is 212 g/mol. The van der Waals surface area contributed by atoms with Crippen LogP contribution in [0.2, 0.25) is 0 Å². The maximum atomic E-state index is 12.9. The van der Waals surface area contributed by atoms with E-state index in [0.29, 0.717) is 18.5 Å². The predicted octanol–water partition coefficient (Wildman–Crippen LogP) is 2.96. The van der Waals surface area contributed by atoms with Gasteiger partial charge in [-0.2, -0.15) is 0 Å². The molecule has 82 valence electrons. The summed E-state index contributed by atoms with van der Waals surface area (Å²) in [6.45, 7) is 0. The van der Waals surface area contributed by atoms with Gasteiger partial charge in [-0.25, -0.2) is 8.78 Å². The van der Waals surface area contributed by atoms with Crippen molar-refractivity contribution < 1.29 is 8.78 Å². The molecule has 2 rings (SSSR count). The summed E-state index contributed by atoms with van der Waals surface area (Å²) in [6, 6.07) is 3.50. The Bertz CT molecular complexity index is 342. The summed E-state index contributed by atoms with van der Waals surface area (Å²) in [5, 5.41) is 0. The van der Waals surface area contributed by atoms with Crippen LogP contribution >= 0.6 is 0 Å². The molecule has 2 nitrogen and oxygen atoms in total. The van der Waals surface area contributed by atoms with Gasteiger partial charge >= 0.3 is 0 Å². The van der Waals surface area contributed by atoms with E-state index in [1.54, 1.807) is 18.3 Å². The van der Waals surface area contributed by atoms with Gasteiger partial charge in [0.2, 0.25) is 5.92 Å². The number of pyridine rings is 1. The van der Waals surface area contributed by atoms with Crippen LogP contribution in [0.25, 0.3) is 0 Å². The molecular formula is C11H14F2N2. The molecule has 0 atom stereocenters. The smallest absolute Gasteiger partial charge is 0.248 e. The van der Waals surface area contributed by atoms with Gasteiger partial charge in [-0.15, -0.1) is 0 Å². The first-order chi connectivity index (χ1) is 7.07. The van der Waals surface area contributed by atoms with E-state index in [-0.39, 0.29) is 18.8 Å². The SMILES string of the molecule is Nc1ccnc(C2CCC(F)(F)CC2)c1. The molecule has 1 fully saturated rings. The number of nitrogens with two attached hydrogens (primary N) is 1. The standard InChI is InChI=1S/C11H14F2N2/c12-11(13)4-1-8(2-5-11)10-7-9(14)3-6-15-10/h3,6-8H,1-2,4-5H2,(H2,14,15). The average Bonchev–Trinajstić information content (AvgIpc) is 2.17. The van der Waals surface area contributed by atoms with Crippen LogP contribution in [-0.2, 0) is 0 Å². The molecule has 15 heavy (non-hydrogen) atoms. The topological polar surface area (TPSA) is 38.9 Å². The Morgan fingerprint density at radius 1 is 1.33 bits per heavy atom. The molecular weight excluding hydrogens is 198 g/mol. The summed E-state index contributed by atoms with van der Waals surface area (Å²) in [6.07, 6.45) is 2.58. The van der Waals surface area contributed by atoms with Crippen molar-refractivity contribution in [1.29, 1.82) is 0 Å². The van der Waals surface area contributed by atoms with Crippen LogP contribution in [0.1, 0.15) is 37.3 Å². The number of nitrogens with zero attached hydrogens (tertiary/aromatic N) is 1. The maximum absolute atomic E-state index is 12.9. The zero-order valence-electron chi connectivity index (χ0n) is 8.42. The summed E-state index contributed by atoms with van der Waals surface area (Å²) in [5.41, 5.74) is 7.13. The Labute approximate surface area is 87.5 Å². The molecule has 0 aliphatic heterocycles. The lowest BCUT2D eigenvalue weighted by atomic mass is 9.84. The van der Waals surface area contributed by atoms with Crippen molar-refractivity contribution in [3.05, 3.63) is 24.0 Å². The van der Waals surface area contributed by atoms with Crippen LogP contribution in [-0.4, -0.2) is 10.9 Å². The highest BCUT2D eigenvalue weighted by Crippen LogP contribution is 2.40. The summed E-state index contributed by atoms with van der Waals surface area (Å²) in [4.78, 5) is 4.19. The van der Waals surface area contributed by atoms with Crippen molar-refractivity contribution >= 4 is 5.69 Å². The van der Waals surface area contributed by atoms with E-state index in [0.717, 1.165) is 5.69 Å². The third-order valence-electron chi connectivity index (χ3n) is 2.94. The largest absolute Gasteiger partial charge is 0.399 e. The first-order valence-corrected chi connectivity index (χ1v) is 5.16. The summed E-state index contributed by atoms with van der Waals surface area (Å²) >= 11 is 0. The number of aromatic nitrogens is 1. The highest BCUT2D eigenvalue weighted by Gasteiger charge is 2.35. The fourth-order valence-corrected chi connectivity index (χ4v) is 2.02. The molecule has 1 aromatic heterocycles. The zero-order valence-corrected chi connectivity index (χ0v) is 8.42. The molecule has 0 bridgehead atoms. The number of anilines is 1. The first-order valence-electron chi connectivity index (χ1n) is 5.16. The molecule has 0 unspecified atom stereocenters. The molecule has 4 heteroatoms. The Kier molecular flexibility index (Phi) is 2.59. The molecule has 0 saturated heterocycles. The molecule has 0 aromatic carbocycles. The van der Waals surface area contributed by atoms with E-state index in [2.05, 4.69) is 4.98 Å². The average molecular weight is 212 g/mol. The lowest BCUT2D eigenvalue weighted by Gasteiger charge is -2.27. The van der Waals surface area contributed by atoms with Crippen molar-refractivity contribution in [2.24, 2.45) is 0 Å². The van der Waals surface area contributed by atoms with Gasteiger partial charge in [0.25, 0.3) is 0 Å². The molecule has 1 aromatic rings. The minimum Gasteiger partial charge on any atom is -0.399 e. The van der Waals surface area contributed by atoms with Gasteiger partial charge in [0.05, 0.1) is 0 Å². The Hall–Kier alpha value is -1.19. The fourth-order valence-electron chi connectivity index (χ4n) is 2.02. The van der Waals surface area contributed by atoms with Crippen LogP contribution in [0.15, 0.2) is 18.3 Å². The Morgan fingerprint density at radius 3 is 2.60 bits per heavy atom. The molecule has 1 heterocycles. The highest BCUT2D eigenvalue weighted by atomic mass is 19.3. The van der Waals surface area contributed by atoms with E-state index in [4.69, 9.17) is 5.73 Å². The van der Waals surface area contributed by atoms with Gasteiger partial charge in [0, 0.05) is 36.3 Å². The second-order valence-electron chi connectivity index (χ2n) is 4.14. The van der Waals surface area contributed by atoms with Crippen molar-refractivity contribution in [1.82, 2.24) is 4.98 Å². The van der Waals surface area contributed by atoms with Crippen molar-refractivity contribution in [2.45, 2.75) is 37.5 Å². The fraction of sp³-hybridized carbons (Fsp3) is 0.545. The Morgan fingerprint density at radius 2 is 2.00 bits per heavy atom. The molecule has 0 amide bonds.